The molecular weight excluding hydrogens is 408 g/mol. The quantitative estimate of drug-likeness (QED) is 0.180. The van der Waals surface area contributed by atoms with E-state index in [2.05, 4.69) is 121 Å². The molecule has 156 valence electrons. The highest BCUT2D eigenvalue weighted by Crippen LogP contribution is 2.49. The molecule has 8 rings (SSSR count). The topological polar surface area (TPSA) is 0 Å². The van der Waals surface area contributed by atoms with Gasteiger partial charge < -0.3 is 0 Å². The number of hydrogen-bond acceptors (Lipinski definition) is 0. The summed E-state index contributed by atoms with van der Waals surface area (Å²) in [7, 11) is 0. The largest absolute Gasteiger partial charge is 0.0622 e. The molecule has 0 aliphatic rings. The van der Waals surface area contributed by atoms with Crippen molar-refractivity contribution in [2.45, 2.75) is 0 Å². The monoisotopic (exact) mass is 428 g/mol. The zero-order chi connectivity index (χ0) is 22.2. The van der Waals surface area contributed by atoms with Crippen LogP contribution in [0.4, 0.5) is 0 Å². The number of hydrogen-bond donors (Lipinski definition) is 0. The average Bonchev–Trinajstić information content (AvgIpc) is 2.90. The van der Waals surface area contributed by atoms with Gasteiger partial charge in [0.1, 0.15) is 0 Å². The molecule has 0 heteroatoms. The van der Waals surface area contributed by atoms with Crippen LogP contribution < -0.4 is 0 Å². The van der Waals surface area contributed by atoms with Crippen LogP contribution in [0.15, 0.2) is 121 Å². The maximum absolute atomic E-state index is 2.35. The minimum absolute atomic E-state index is 1.27. The van der Waals surface area contributed by atoms with Gasteiger partial charge >= 0.3 is 0 Å². The molecule has 8 aromatic rings. The van der Waals surface area contributed by atoms with Gasteiger partial charge in [-0.15, -0.1) is 0 Å². The standard InChI is InChI=1S/C34H20/c1-2-10-21(11-3-1)30-25-15-6-7-16-28(25)34-32-27(18-9-19-29(30)32)26-17-8-13-23-20-22-12-4-5-14-24(22)33(34)31(23)26/h1-20H. The summed E-state index contributed by atoms with van der Waals surface area (Å²) in [5.41, 5.74) is 2.59. The van der Waals surface area contributed by atoms with Crippen LogP contribution in [0, 0.1) is 0 Å². The highest BCUT2D eigenvalue weighted by atomic mass is 14.2. The maximum atomic E-state index is 2.35. The molecule has 0 aliphatic heterocycles. The van der Waals surface area contributed by atoms with Gasteiger partial charge in [-0.1, -0.05) is 115 Å². The van der Waals surface area contributed by atoms with E-state index in [4.69, 9.17) is 0 Å². The lowest BCUT2D eigenvalue weighted by molar-refractivity contribution is 1.68. The van der Waals surface area contributed by atoms with Crippen molar-refractivity contribution in [1.29, 1.82) is 0 Å². The van der Waals surface area contributed by atoms with E-state index < -0.39 is 0 Å². The summed E-state index contributed by atoms with van der Waals surface area (Å²) >= 11 is 0. The van der Waals surface area contributed by atoms with Crippen LogP contribution in [-0.4, -0.2) is 0 Å². The molecule has 0 fully saturated rings. The second kappa shape index (κ2) is 6.56. The van der Waals surface area contributed by atoms with Crippen LogP contribution in [0.25, 0.3) is 75.8 Å². The van der Waals surface area contributed by atoms with Crippen molar-refractivity contribution in [3.63, 3.8) is 0 Å². The van der Waals surface area contributed by atoms with Gasteiger partial charge in [0.2, 0.25) is 0 Å². The minimum atomic E-state index is 1.27. The molecular formula is C34H20. The highest BCUT2D eigenvalue weighted by molar-refractivity contribution is 6.44. The normalized spacial score (nSPS) is 12.1. The van der Waals surface area contributed by atoms with Crippen LogP contribution in [0.5, 0.6) is 0 Å². The lowest BCUT2D eigenvalue weighted by Gasteiger charge is -2.21. The third kappa shape index (κ3) is 2.23. The number of fused-ring (bicyclic) bond motifs is 6. The SMILES string of the molecule is c1ccc(-c2c3ccccc3c3c4c2cccc4c2cccc4cc5ccccc5c3c42)cc1. The molecule has 0 heterocycles. The Bertz CT molecular complexity index is 2050. The molecule has 0 spiro atoms. The maximum Gasteiger partial charge on any atom is -0.000741 e. The molecule has 0 saturated heterocycles. The van der Waals surface area contributed by atoms with Gasteiger partial charge in [-0.05, 0) is 81.8 Å². The van der Waals surface area contributed by atoms with Crippen molar-refractivity contribution in [3.05, 3.63) is 121 Å². The van der Waals surface area contributed by atoms with Crippen LogP contribution in [-0.2, 0) is 0 Å². The van der Waals surface area contributed by atoms with Crippen LogP contribution in [0.3, 0.4) is 0 Å². The van der Waals surface area contributed by atoms with Crippen molar-refractivity contribution >= 4 is 64.6 Å². The minimum Gasteiger partial charge on any atom is -0.0622 e. The Kier molecular flexibility index (Phi) is 3.48. The van der Waals surface area contributed by atoms with Gasteiger partial charge in [-0.25, -0.2) is 0 Å². The molecule has 34 heavy (non-hydrogen) atoms. The fourth-order valence-electron chi connectivity index (χ4n) is 6.24. The fraction of sp³-hybridized carbons (Fsp3) is 0. The van der Waals surface area contributed by atoms with Gasteiger partial charge in [0.15, 0.2) is 0 Å². The fourth-order valence-corrected chi connectivity index (χ4v) is 6.24. The Morgan fingerprint density at radius 1 is 0.294 bits per heavy atom. The second-order valence-electron chi connectivity index (χ2n) is 9.27. The van der Waals surface area contributed by atoms with Gasteiger partial charge in [0.25, 0.3) is 0 Å². The summed E-state index contributed by atoms with van der Waals surface area (Å²) in [5, 5.41) is 16.1. The molecule has 8 aromatic carbocycles. The van der Waals surface area contributed by atoms with Gasteiger partial charge in [0, 0.05) is 0 Å². The summed E-state index contributed by atoms with van der Waals surface area (Å²) in [6, 6.07) is 44.7. The summed E-state index contributed by atoms with van der Waals surface area (Å²) < 4.78 is 0. The van der Waals surface area contributed by atoms with Crippen LogP contribution in [0.1, 0.15) is 0 Å². The van der Waals surface area contributed by atoms with E-state index in [0.717, 1.165) is 0 Å². The molecule has 0 nitrogen and oxygen atoms in total. The van der Waals surface area contributed by atoms with E-state index in [9.17, 15) is 0 Å². The molecule has 0 saturated carbocycles. The summed E-state index contributed by atoms with van der Waals surface area (Å²) in [6.07, 6.45) is 0. The molecule has 0 aliphatic carbocycles. The van der Waals surface area contributed by atoms with E-state index >= 15 is 0 Å². The predicted molar refractivity (Wildman–Crippen MR) is 148 cm³/mol. The lowest BCUT2D eigenvalue weighted by Crippen LogP contribution is -1.92. The van der Waals surface area contributed by atoms with Crippen molar-refractivity contribution < 1.29 is 0 Å². The second-order valence-corrected chi connectivity index (χ2v) is 9.27. The Labute approximate surface area is 197 Å². The van der Waals surface area contributed by atoms with Crippen LogP contribution >= 0.6 is 0 Å². The first kappa shape index (κ1) is 18.1. The molecule has 0 amide bonds. The zero-order valence-corrected chi connectivity index (χ0v) is 18.5. The molecule has 0 N–H and O–H groups in total. The summed E-state index contributed by atoms with van der Waals surface area (Å²) in [4.78, 5) is 0. The van der Waals surface area contributed by atoms with E-state index in [1.807, 2.05) is 0 Å². The zero-order valence-electron chi connectivity index (χ0n) is 18.5. The molecule has 0 radical (unpaired) electrons. The number of rotatable bonds is 1. The van der Waals surface area contributed by atoms with Gasteiger partial charge in [-0.2, -0.15) is 0 Å². The average molecular weight is 429 g/mol. The molecule has 0 atom stereocenters. The molecule has 0 bridgehead atoms. The Balaban J connectivity index is 1.81. The van der Waals surface area contributed by atoms with E-state index in [1.54, 1.807) is 0 Å². The first-order chi connectivity index (χ1) is 16.9. The number of benzene rings is 8. The molecule has 0 aromatic heterocycles. The van der Waals surface area contributed by atoms with Crippen molar-refractivity contribution in [2.24, 2.45) is 0 Å². The predicted octanol–water partition coefficient (Wildman–Crippen LogP) is 9.71. The first-order valence-corrected chi connectivity index (χ1v) is 11.9. The molecule has 0 unspecified atom stereocenters. The third-order valence-electron chi connectivity index (χ3n) is 7.54. The van der Waals surface area contributed by atoms with Gasteiger partial charge in [0.05, 0.1) is 0 Å². The smallest absolute Gasteiger partial charge is 0.000741 e. The van der Waals surface area contributed by atoms with E-state index in [0.29, 0.717) is 0 Å². The van der Waals surface area contributed by atoms with E-state index in [-0.39, 0.29) is 0 Å². The first-order valence-electron chi connectivity index (χ1n) is 11.9. The lowest BCUT2D eigenvalue weighted by atomic mass is 9.82. The summed E-state index contributed by atoms with van der Waals surface area (Å²) in [6.45, 7) is 0. The van der Waals surface area contributed by atoms with Crippen molar-refractivity contribution in [2.75, 3.05) is 0 Å². The van der Waals surface area contributed by atoms with E-state index in [1.165, 1.54) is 75.8 Å². The Morgan fingerprint density at radius 3 is 1.68 bits per heavy atom. The Hall–Kier alpha value is -4.42. The van der Waals surface area contributed by atoms with Crippen molar-refractivity contribution in [3.8, 4) is 11.1 Å². The van der Waals surface area contributed by atoms with Crippen molar-refractivity contribution in [1.82, 2.24) is 0 Å². The Morgan fingerprint density at radius 2 is 0.824 bits per heavy atom. The highest BCUT2D eigenvalue weighted by Gasteiger charge is 2.20. The third-order valence-corrected chi connectivity index (χ3v) is 7.54. The van der Waals surface area contributed by atoms with Crippen LogP contribution in [0.2, 0.25) is 0 Å². The van der Waals surface area contributed by atoms with Gasteiger partial charge in [-0.3, -0.25) is 0 Å². The summed E-state index contributed by atoms with van der Waals surface area (Å²) in [5.74, 6) is 0.